The van der Waals surface area contributed by atoms with E-state index in [2.05, 4.69) is 9.97 Å². The number of amides is 3. The van der Waals surface area contributed by atoms with Crippen molar-refractivity contribution in [1.29, 1.82) is 0 Å². The molecule has 2 aromatic heterocycles. The standard InChI is InChI=1S/C34H37F4N7O4/c1-20-15-22(34(36,37)38)17-27(40-20)45-28(46)16-21-19-44(30-24(35)7-6-8-25(30)41(5)31(47)29(21)45)23-9-10-39-26(18-23)42-11-13-43(14-12-42)32(48)49-33(2,3)4/h6-10,15,17-18,21,29H,11-14,16,19H2,1-5H3/t21-,29+/m1/s1. The van der Waals surface area contributed by atoms with Gasteiger partial charge in [-0.25, -0.2) is 19.2 Å². The van der Waals surface area contributed by atoms with Crippen molar-refractivity contribution in [2.45, 2.75) is 51.9 Å². The van der Waals surface area contributed by atoms with Crippen LogP contribution in [-0.2, 0) is 20.5 Å². The summed E-state index contributed by atoms with van der Waals surface area (Å²) in [4.78, 5) is 56.7. The summed E-state index contributed by atoms with van der Waals surface area (Å²) in [6, 6.07) is 8.26. The quantitative estimate of drug-likeness (QED) is 0.332. The monoisotopic (exact) mass is 683 g/mol. The average molecular weight is 684 g/mol. The van der Waals surface area contributed by atoms with Crippen molar-refractivity contribution < 1.29 is 36.7 Å². The van der Waals surface area contributed by atoms with Crippen LogP contribution in [0.3, 0.4) is 0 Å². The molecule has 11 nitrogen and oxygen atoms in total. The predicted octanol–water partition coefficient (Wildman–Crippen LogP) is 5.54. The van der Waals surface area contributed by atoms with Gasteiger partial charge in [-0.05, 0) is 58.0 Å². The van der Waals surface area contributed by atoms with E-state index in [4.69, 9.17) is 4.74 Å². The number of alkyl halides is 3. The highest BCUT2D eigenvalue weighted by molar-refractivity contribution is 6.10. The van der Waals surface area contributed by atoms with Crippen LogP contribution in [0.1, 0.15) is 38.4 Å². The van der Waals surface area contributed by atoms with Crippen LogP contribution in [0, 0.1) is 18.7 Å². The molecule has 1 aromatic carbocycles. The zero-order valence-corrected chi connectivity index (χ0v) is 27.8. The van der Waals surface area contributed by atoms with Crippen molar-refractivity contribution >= 4 is 46.6 Å². The minimum absolute atomic E-state index is 0.00572. The third kappa shape index (κ3) is 6.70. The molecule has 0 unspecified atom stereocenters. The Balaban J connectivity index is 1.35. The molecule has 0 bridgehead atoms. The van der Waals surface area contributed by atoms with Crippen molar-refractivity contribution in [2.24, 2.45) is 5.92 Å². The number of piperazine rings is 1. The second kappa shape index (κ2) is 12.5. The van der Waals surface area contributed by atoms with Crippen LogP contribution in [0.5, 0.6) is 0 Å². The van der Waals surface area contributed by atoms with Crippen LogP contribution < -0.4 is 19.6 Å². The number of para-hydroxylation sites is 1. The first-order chi connectivity index (χ1) is 23.0. The second-order valence-corrected chi connectivity index (χ2v) is 13.5. The van der Waals surface area contributed by atoms with Gasteiger partial charge in [0.1, 0.15) is 34.8 Å². The van der Waals surface area contributed by atoms with Crippen LogP contribution in [0.25, 0.3) is 0 Å². The minimum Gasteiger partial charge on any atom is -0.444 e. The molecule has 0 spiro atoms. The molecule has 0 N–H and O–H groups in total. The number of likely N-dealkylation sites (N-methyl/N-ethyl adjacent to an activating group) is 1. The van der Waals surface area contributed by atoms with Gasteiger partial charge in [-0.1, -0.05) is 6.07 Å². The molecule has 6 rings (SSSR count). The number of fused-ring (bicyclic) bond motifs is 2. The Morgan fingerprint density at radius 1 is 0.980 bits per heavy atom. The topological polar surface area (TPSA) is 102 Å². The number of aryl methyl sites for hydroxylation is 1. The van der Waals surface area contributed by atoms with Gasteiger partial charge in [-0.2, -0.15) is 13.2 Å². The van der Waals surface area contributed by atoms with Gasteiger partial charge in [0, 0.05) is 75.8 Å². The van der Waals surface area contributed by atoms with E-state index in [1.807, 2.05) is 4.90 Å². The van der Waals surface area contributed by atoms with Gasteiger partial charge in [-0.3, -0.25) is 14.5 Å². The summed E-state index contributed by atoms with van der Waals surface area (Å²) >= 11 is 0. The summed E-state index contributed by atoms with van der Waals surface area (Å²) in [5.74, 6) is -2.16. The fourth-order valence-electron chi connectivity index (χ4n) is 6.60. The number of carbonyl (C=O) groups excluding carboxylic acids is 3. The zero-order chi connectivity index (χ0) is 35.4. The number of ether oxygens (including phenoxy) is 1. The normalized spacial score (nSPS) is 20.2. The van der Waals surface area contributed by atoms with E-state index >= 15 is 4.39 Å². The Kier molecular flexibility index (Phi) is 8.65. The van der Waals surface area contributed by atoms with E-state index in [1.54, 1.807) is 55.0 Å². The Bertz CT molecular complexity index is 1790. The van der Waals surface area contributed by atoms with E-state index in [0.717, 1.165) is 17.0 Å². The number of carbonyl (C=O) groups is 3. The lowest BCUT2D eigenvalue weighted by molar-refractivity contribution is -0.137. The van der Waals surface area contributed by atoms with E-state index in [9.17, 15) is 27.6 Å². The van der Waals surface area contributed by atoms with Crippen LogP contribution >= 0.6 is 0 Å². The highest BCUT2D eigenvalue weighted by Crippen LogP contribution is 2.44. The van der Waals surface area contributed by atoms with Gasteiger partial charge >= 0.3 is 12.3 Å². The van der Waals surface area contributed by atoms with Gasteiger partial charge in [0.15, 0.2) is 0 Å². The molecule has 260 valence electrons. The third-order valence-corrected chi connectivity index (χ3v) is 8.84. The number of hydrogen-bond donors (Lipinski definition) is 0. The molecule has 3 aliphatic rings. The first-order valence-electron chi connectivity index (χ1n) is 15.9. The number of halogens is 4. The molecule has 2 atom stereocenters. The second-order valence-electron chi connectivity index (χ2n) is 13.5. The molecule has 5 heterocycles. The highest BCUT2D eigenvalue weighted by atomic mass is 19.4. The summed E-state index contributed by atoms with van der Waals surface area (Å²) in [5, 5.41) is 0. The number of anilines is 5. The summed E-state index contributed by atoms with van der Waals surface area (Å²) in [6.45, 7) is 8.54. The minimum atomic E-state index is -4.69. The van der Waals surface area contributed by atoms with E-state index < -0.39 is 53.0 Å². The molecule has 15 heteroatoms. The summed E-state index contributed by atoms with van der Waals surface area (Å²) in [5.41, 5.74) is -0.696. The number of aromatic nitrogens is 2. The number of benzene rings is 1. The maximum atomic E-state index is 15.8. The van der Waals surface area contributed by atoms with E-state index in [-0.39, 0.29) is 35.9 Å². The molecule has 0 radical (unpaired) electrons. The lowest BCUT2D eigenvalue weighted by atomic mass is 9.95. The van der Waals surface area contributed by atoms with Crippen LogP contribution in [0.2, 0.25) is 0 Å². The SMILES string of the molecule is Cc1cc(C(F)(F)F)cc(N2C(=O)C[C@@H]3CN(c4ccnc(N5CCN(C(=O)OC(C)(C)C)CC5)c4)c4c(F)cccc4N(C)C(=O)[C@H]32)n1. The third-order valence-electron chi connectivity index (χ3n) is 8.84. The van der Waals surface area contributed by atoms with Gasteiger partial charge in [0.2, 0.25) is 11.8 Å². The van der Waals surface area contributed by atoms with Crippen LogP contribution in [0.15, 0.2) is 48.7 Å². The molecule has 2 fully saturated rings. The van der Waals surface area contributed by atoms with Gasteiger partial charge in [-0.15, -0.1) is 0 Å². The summed E-state index contributed by atoms with van der Waals surface area (Å²) in [6.07, 6.45) is -3.68. The first kappa shape index (κ1) is 33.9. The van der Waals surface area contributed by atoms with E-state index in [0.29, 0.717) is 37.7 Å². The highest BCUT2D eigenvalue weighted by Gasteiger charge is 2.50. The average Bonchev–Trinajstić information content (AvgIpc) is 3.36. The maximum Gasteiger partial charge on any atom is 0.416 e. The van der Waals surface area contributed by atoms with Crippen molar-refractivity contribution in [2.75, 3.05) is 59.4 Å². The van der Waals surface area contributed by atoms with Crippen molar-refractivity contribution in [3.05, 3.63) is 65.7 Å². The van der Waals surface area contributed by atoms with Gasteiger partial charge < -0.3 is 24.3 Å². The van der Waals surface area contributed by atoms with E-state index in [1.165, 1.54) is 31.0 Å². The Morgan fingerprint density at radius 3 is 2.37 bits per heavy atom. The molecule has 3 amide bonds. The number of rotatable bonds is 3. The van der Waals surface area contributed by atoms with Crippen LogP contribution in [0.4, 0.5) is 51.1 Å². The molecular weight excluding hydrogens is 646 g/mol. The lowest BCUT2D eigenvalue weighted by Crippen LogP contribution is -2.52. The van der Waals surface area contributed by atoms with Gasteiger partial charge in [0.05, 0.1) is 11.3 Å². The predicted molar refractivity (Wildman–Crippen MR) is 174 cm³/mol. The van der Waals surface area contributed by atoms with Crippen molar-refractivity contribution in [3.63, 3.8) is 0 Å². The molecule has 49 heavy (non-hydrogen) atoms. The molecule has 2 saturated heterocycles. The van der Waals surface area contributed by atoms with Crippen LogP contribution in [-0.4, -0.2) is 84.2 Å². The Hall–Kier alpha value is -4.95. The summed E-state index contributed by atoms with van der Waals surface area (Å²) < 4.78 is 62.6. The van der Waals surface area contributed by atoms with Crippen molar-refractivity contribution in [1.82, 2.24) is 14.9 Å². The largest absolute Gasteiger partial charge is 0.444 e. The first-order valence-corrected chi connectivity index (χ1v) is 15.9. The smallest absolute Gasteiger partial charge is 0.416 e. The molecule has 3 aromatic rings. The lowest BCUT2D eigenvalue weighted by Gasteiger charge is -2.39. The summed E-state index contributed by atoms with van der Waals surface area (Å²) in [7, 11) is 1.45. The molecule has 0 aliphatic carbocycles. The maximum absolute atomic E-state index is 15.8. The Labute approximate surface area is 281 Å². The van der Waals surface area contributed by atoms with Crippen molar-refractivity contribution in [3.8, 4) is 0 Å². The fourth-order valence-corrected chi connectivity index (χ4v) is 6.60. The number of nitrogens with zero attached hydrogens (tertiary/aromatic N) is 7. The Morgan fingerprint density at radius 2 is 1.69 bits per heavy atom. The fraction of sp³-hybridized carbons (Fsp3) is 0.441. The molecule has 3 aliphatic heterocycles. The molecular formula is C34H37F4N7O4. The molecule has 0 saturated carbocycles. The zero-order valence-electron chi connectivity index (χ0n) is 27.8. The number of hydrogen-bond acceptors (Lipinski definition) is 8. The van der Waals surface area contributed by atoms with Gasteiger partial charge in [0.25, 0.3) is 0 Å². The number of pyridine rings is 2.